The van der Waals surface area contributed by atoms with Crippen LogP contribution in [0.2, 0.25) is 0 Å². The van der Waals surface area contributed by atoms with E-state index >= 15 is 0 Å². The largest absolute Gasteiger partial charge is 0.480 e. The zero-order valence-corrected chi connectivity index (χ0v) is 11.4. The molecule has 19 heavy (non-hydrogen) atoms. The number of piperidine rings is 1. The third-order valence-corrected chi connectivity index (χ3v) is 3.86. The van der Waals surface area contributed by atoms with Crippen molar-refractivity contribution in [2.45, 2.75) is 44.2 Å². The highest BCUT2D eigenvalue weighted by atomic mass is 16.5. The van der Waals surface area contributed by atoms with E-state index in [4.69, 9.17) is 4.74 Å². The van der Waals surface area contributed by atoms with Gasteiger partial charge in [0.1, 0.15) is 6.04 Å². The minimum Gasteiger partial charge on any atom is -0.480 e. The van der Waals surface area contributed by atoms with E-state index in [0.717, 1.165) is 32.3 Å². The van der Waals surface area contributed by atoms with Gasteiger partial charge in [0.25, 0.3) is 0 Å². The second-order valence-corrected chi connectivity index (χ2v) is 5.34. The molecule has 0 aliphatic carbocycles. The molecular formula is C13H22N2O4. The molecule has 2 amide bonds. The molecule has 0 aromatic rings. The number of aliphatic carboxylic acids is 1. The number of hydrogen-bond donors (Lipinski definition) is 1. The number of carboxylic acid groups (broad SMARTS) is 1. The highest BCUT2D eigenvalue weighted by molar-refractivity contribution is 5.82. The van der Waals surface area contributed by atoms with E-state index in [1.54, 1.807) is 11.9 Å². The number of carbonyl (C=O) groups is 2. The van der Waals surface area contributed by atoms with Gasteiger partial charge >= 0.3 is 12.0 Å². The zero-order valence-electron chi connectivity index (χ0n) is 11.4. The number of amides is 2. The third kappa shape index (κ3) is 3.37. The summed E-state index contributed by atoms with van der Waals surface area (Å²) >= 11 is 0. The first-order chi connectivity index (χ1) is 9.09. The van der Waals surface area contributed by atoms with E-state index in [2.05, 4.69) is 0 Å². The van der Waals surface area contributed by atoms with Gasteiger partial charge in [0.2, 0.25) is 0 Å². The van der Waals surface area contributed by atoms with Crippen LogP contribution in [0.5, 0.6) is 0 Å². The SMILES string of the molecule is CN(CC1CCCO1)C(=O)N1CCCCC1C(=O)O. The summed E-state index contributed by atoms with van der Waals surface area (Å²) < 4.78 is 5.51. The van der Waals surface area contributed by atoms with Crippen molar-refractivity contribution >= 4 is 12.0 Å². The van der Waals surface area contributed by atoms with Gasteiger partial charge in [-0.2, -0.15) is 0 Å². The Labute approximate surface area is 113 Å². The first-order valence-electron chi connectivity index (χ1n) is 6.95. The van der Waals surface area contributed by atoms with Crippen molar-refractivity contribution in [3.8, 4) is 0 Å². The first-order valence-corrected chi connectivity index (χ1v) is 6.95. The molecule has 6 heteroatoms. The molecule has 0 bridgehead atoms. The number of nitrogens with zero attached hydrogens (tertiary/aromatic N) is 2. The Morgan fingerprint density at radius 3 is 2.74 bits per heavy atom. The summed E-state index contributed by atoms with van der Waals surface area (Å²) in [4.78, 5) is 26.6. The van der Waals surface area contributed by atoms with Crippen LogP contribution in [0.25, 0.3) is 0 Å². The highest BCUT2D eigenvalue weighted by Crippen LogP contribution is 2.20. The Kier molecular flexibility index (Phi) is 4.63. The molecule has 2 rings (SSSR count). The quantitative estimate of drug-likeness (QED) is 0.835. The fourth-order valence-corrected chi connectivity index (χ4v) is 2.81. The summed E-state index contributed by atoms with van der Waals surface area (Å²) in [5, 5.41) is 9.19. The van der Waals surface area contributed by atoms with E-state index in [1.807, 2.05) is 0 Å². The van der Waals surface area contributed by atoms with Crippen molar-refractivity contribution in [1.29, 1.82) is 0 Å². The van der Waals surface area contributed by atoms with E-state index in [1.165, 1.54) is 4.90 Å². The average molecular weight is 270 g/mol. The predicted molar refractivity (Wildman–Crippen MR) is 69.0 cm³/mol. The lowest BCUT2D eigenvalue weighted by molar-refractivity contribution is -0.143. The molecule has 2 aliphatic heterocycles. The molecule has 0 spiro atoms. The molecule has 0 radical (unpaired) electrons. The topological polar surface area (TPSA) is 70.1 Å². The van der Waals surface area contributed by atoms with Crippen LogP contribution in [0.15, 0.2) is 0 Å². The van der Waals surface area contributed by atoms with Crippen LogP contribution in [0.1, 0.15) is 32.1 Å². The number of carboxylic acids is 1. The zero-order chi connectivity index (χ0) is 13.8. The molecule has 2 unspecified atom stereocenters. The van der Waals surface area contributed by atoms with Crippen LogP contribution in [0, 0.1) is 0 Å². The maximum absolute atomic E-state index is 12.3. The normalized spacial score (nSPS) is 27.3. The van der Waals surface area contributed by atoms with Gasteiger partial charge in [-0.25, -0.2) is 9.59 Å². The van der Waals surface area contributed by atoms with E-state index < -0.39 is 12.0 Å². The lowest BCUT2D eigenvalue weighted by Crippen LogP contribution is -2.53. The molecule has 2 saturated heterocycles. The van der Waals surface area contributed by atoms with Gasteiger partial charge in [0, 0.05) is 26.7 Å². The van der Waals surface area contributed by atoms with Crippen LogP contribution in [-0.4, -0.2) is 65.8 Å². The number of likely N-dealkylation sites (tertiary alicyclic amines) is 1. The molecule has 6 nitrogen and oxygen atoms in total. The standard InChI is InChI=1S/C13H22N2O4/c1-14(9-10-5-4-8-19-10)13(18)15-7-3-2-6-11(15)12(16)17/h10-11H,2-9H2,1H3,(H,16,17). The van der Waals surface area contributed by atoms with E-state index in [9.17, 15) is 14.7 Å². The number of rotatable bonds is 3. The van der Waals surface area contributed by atoms with Gasteiger partial charge in [-0.1, -0.05) is 0 Å². The number of likely N-dealkylation sites (N-methyl/N-ethyl adjacent to an activating group) is 1. The maximum Gasteiger partial charge on any atom is 0.326 e. The maximum atomic E-state index is 12.3. The predicted octanol–water partition coefficient (Wildman–Crippen LogP) is 1.16. The van der Waals surface area contributed by atoms with Gasteiger partial charge in [-0.3, -0.25) is 0 Å². The van der Waals surface area contributed by atoms with Gasteiger partial charge in [0.05, 0.1) is 6.10 Å². The molecule has 0 aromatic carbocycles. The van der Waals surface area contributed by atoms with Crippen molar-refractivity contribution in [3.63, 3.8) is 0 Å². The lowest BCUT2D eigenvalue weighted by atomic mass is 10.0. The molecule has 2 fully saturated rings. The summed E-state index contributed by atoms with van der Waals surface area (Å²) in [6.07, 6.45) is 4.41. The van der Waals surface area contributed by atoms with Crippen molar-refractivity contribution in [2.24, 2.45) is 0 Å². The molecule has 1 N–H and O–H groups in total. The van der Waals surface area contributed by atoms with Crippen molar-refractivity contribution in [1.82, 2.24) is 9.80 Å². The monoisotopic (exact) mass is 270 g/mol. The smallest absolute Gasteiger partial charge is 0.326 e. The van der Waals surface area contributed by atoms with Crippen LogP contribution >= 0.6 is 0 Å². The second-order valence-electron chi connectivity index (χ2n) is 5.34. The average Bonchev–Trinajstić information content (AvgIpc) is 2.90. The number of hydrogen-bond acceptors (Lipinski definition) is 3. The second kappa shape index (κ2) is 6.23. The Hall–Kier alpha value is -1.30. The van der Waals surface area contributed by atoms with Crippen molar-refractivity contribution in [3.05, 3.63) is 0 Å². The summed E-state index contributed by atoms with van der Waals surface area (Å²) in [6, 6.07) is -0.865. The highest BCUT2D eigenvalue weighted by Gasteiger charge is 2.34. The molecular weight excluding hydrogens is 248 g/mol. The fraction of sp³-hybridized carbons (Fsp3) is 0.846. The minimum atomic E-state index is -0.904. The summed E-state index contributed by atoms with van der Waals surface area (Å²) in [5.74, 6) is -0.904. The Bertz CT molecular complexity index is 342. The Morgan fingerprint density at radius 1 is 1.32 bits per heavy atom. The fourth-order valence-electron chi connectivity index (χ4n) is 2.81. The third-order valence-electron chi connectivity index (χ3n) is 3.86. The molecule has 0 saturated carbocycles. The molecule has 0 aromatic heterocycles. The molecule has 2 aliphatic rings. The van der Waals surface area contributed by atoms with Gasteiger partial charge < -0.3 is 19.6 Å². The lowest BCUT2D eigenvalue weighted by Gasteiger charge is -2.36. The minimum absolute atomic E-state index is 0.0991. The van der Waals surface area contributed by atoms with E-state index in [-0.39, 0.29) is 12.1 Å². The molecule has 2 heterocycles. The van der Waals surface area contributed by atoms with Crippen LogP contribution in [-0.2, 0) is 9.53 Å². The summed E-state index contributed by atoms with van der Waals surface area (Å²) in [5.41, 5.74) is 0. The Balaban J connectivity index is 1.93. The number of urea groups is 1. The summed E-state index contributed by atoms with van der Waals surface area (Å²) in [7, 11) is 1.72. The van der Waals surface area contributed by atoms with Gasteiger partial charge in [-0.15, -0.1) is 0 Å². The molecule has 2 atom stereocenters. The van der Waals surface area contributed by atoms with Gasteiger partial charge in [0.15, 0.2) is 0 Å². The first kappa shape index (κ1) is 14.1. The van der Waals surface area contributed by atoms with E-state index in [0.29, 0.717) is 19.5 Å². The number of carbonyl (C=O) groups excluding carboxylic acids is 1. The van der Waals surface area contributed by atoms with Crippen LogP contribution < -0.4 is 0 Å². The number of ether oxygens (including phenoxy) is 1. The Morgan fingerprint density at radius 2 is 2.11 bits per heavy atom. The van der Waals surface area contributed by atoms with Gasteiger partial charge in [-0.05, 0) is 32.1 Å². The van der Waals surface area contributed by atoms with Crippen molar-refractivity contribution in [2.75, 3.05) is 26.7 Å². The summed E-state index contributed by atoms with van der Waals surface area (Å²) in [6.45, 7) is 1.83. The molecule has 108 valence electrons. The van der Waals surface area contributed by atoms with Crippen LogP contribution in [0.4, 0.5) is 4.79 Å². The van der Waals surface area contributed by atoms with Crippen molar-refractivity contribution < 1.29 is 19.4 Å². The van der Waals surface area contributed by atoms with Crippen LogP contribution in [0.3, 0.4) is 0 Å².